The first-order chi connectivity index (χ1) is 13.0. The number of rotatable bonds is 13. The smallest absolute Gasteiger partial charge is 0.326 e. The molecule has 0 spiro atoms. The van der Waals surface area contributed by atoms with E-state index in [0.29, 0.717) is 0 Å². The maximum Gasteiger partial charge on any atom is 0.326 e. The molecule has 0 fully saturated rings. The zero-order chi connectivity index (χ0) is 21.9. The number of nitrogens with two attached hydrogens (primary N) is 2. The third-order valence-electron chi connectivity index (χ3n) is 3.33. The largest absolute Gasteiger partial charge is 0.481 e. The maximum absolute atomic E-state index is 12.3. The van der Waals surface area contributed by atoms with Gasteiger partial charge in [-0.2, -0.15) is 12.6 Å². The summed E-state index contributed by atoms with van der Waals surface area (Å²) in [5.74, 6) is -6.54. The number of aliphatic carboxylic acids is 2. The molecule has 158 valence electrons. The van der Waals surface area contributed by atoms with Gasteiger partial charge in [-0.25, -0.2) is 4.79 Å². The van der Waals surface area contributed by atoms with Crippen LogP contribution in [0.15, 0.2) is 0 Å². The molecule has 0 aromatic rings. The minimum atomic E-state index is -1.72. The lowest BCUT2D eigenvalue weighted by atomic mass is 10.1. The van der Waals surface area contributed by atoms with E-state index < -0.39 is 66.7 Å². The van der Waals surface area contributed by atoms with Crippen LogP contribution in [0, 0.1) is 0 Å². The van der Waals surface area contributed by atoms with E-state index in [1.807, 2.05) is 5.32 Å². The van der Waals surface area contributed by atoms with Gasteiger partial charge in [-0.3, -0.25) is 24.0 Å². The second-order valence-corrected chi connectivity index (χ2v) is 5.94. The van der Waals surface area contributed by atoms with E-state index in [2.05, 4.69) is 23.3 Å². The van der Waals surface area contributed by atoms with Gasteiger partial charge in [-0.15, -0.1) is 0 Å². The number of hydrogen-bond donors (Lipinski definition) is 8. The van der Waals surface area contributed by atoms with Crippen LogP contribution in [-0.2, 0) is 28.8 Å². The minimum Gasteiger partial charge on any atom is -0.481 e. The Morgan fingerprint density at radius 3 is 1.86 bits per heavy atom. The fraction of sp³-hybridized carbons (Fsp3) is 0.571. The first-order valence-electron chi connectivity index (χ1n) is 7.95. The Balaban J connectivity index is 5.13. The molecule has 0 aliphatic heterocycles. The summed E-state index contributed by atoms with van der Waals surface area (Å²) >= 11 is 3.89. The molecule has 0 bridgehead atoms. The summed E-state index contributed by atoms with van der Waals surface area (Å²) in [6.45, 7) is -0.424. The van der Waals surface area contributed by atoms with Crippen molar-refractivity contribution in [3.63, 3.8) is 0 Å². The van der Waals surface area contributed by atoms with Gasteiger partial charge in [0, 0.05) is 12.2 Å². The molecule has 0 heterocycles. The lowest BCUT2D eigenvalue weighted by Gasteiger charge is -2.23. The van der Waals surface area contributed by atoms with Crippen molar-refractivity contribution in [2.75, 3.05) is 12.3 Å². The van der Waals surface area contributed by atoms with Crippen molar-refractivity contribution in [1.29, 1.82) is 0 Å². The van der Waals surface area contributed by atoms with Crippen LogP contribution in [0.25, 0.3) is 0 Å². The molecule has 14 heteroatoms. The molecule has 28 heavy (non-hydrogen) atoms. The Bertz CT molecular complexity index is 629. The summed E-state index contributed by atoms with van der Waals surface area (Å²) < 4.78 is 0. The number of carbonyl (C=O) groups is 6. The summed E-state index contributed by atoms with van der Waals surface area (Å²) in [4.78, 5) is 68.5. The van der Waals surface area contributed by atoms with Gasteiger partial charge in [0.2, 0.25) is 23.6 Å². The SMILES string of the molecule is NCC(=O)NC(CCC(N)=O)C(=O)NC(CS)C(=O)NC(CC(=O)O)C(=O)O. The van der Waals surface area contributed by atoms with Gasteiger partial charge in [0.05, 0.1) is 13.0 Å². The molecule has 0 saturated heterocycles. The van der Waals surface area contributed by atoms with Gasteiger partial charge in [0.15, 0.2) is 0 Å². The average Bonchev–Trinajstić information content (AvgIpc) is 2.61. The molecule has 0 radical (unpaired) electrons. The van der Waals surface area contributed by atoms with Crippen LogP contribution < -0.4 is 27.4 Å². The predicted octanol–water partition coefficient (Wildman–Crippen LogP) is -3.85. The standard InChI is InChI=1S/C14H23N5O8S/c15-4-10(21)17-6(1-2-9(16)20)12(24)19-8(5-28)13(25)18-7(14(26)27)3-11(22)23/h6-8,28H,1-5,15H2,(H2,16,20)(H,17,21)(H,18,25)(H,19,24)(H,22,23)(H,26,27). The van der Waals surface area contributed by atoms with Crippen molar-refractivity contribution in [2.24, 2.45) is 11.5 Å². The molecule has 0 saturated carbocycles. The Kier molecular flexibility index (Phi) is 11.2. The Morgan fingerprint density at radius 1 is 0.893 bits per heavy atom. The molecule has 0 aliphatic carbocycles. The second-order valence-electron chi connectivity index (χ2n) is 5.57. The van der Waals surface area contributed by atoms with Crippen molar-refractivity contribution in [3.05, 3.63) is 0 Å². The molecule has 0 rings (SSSR count). The van der Waals surface area contributed by atoms with E-state index in [9.17, 15) is 28.8 Å². The molecular formula is C14H23N5O8S. The van der Waals surface area contributed by atoms with Crippen molar-refractivity contribution in [1.82, 2.24) is 16.0 Å². The van der Waals surface area contributed by atoms with E-state index in [-0.39, 0.29) is 18.6 Å². The topological polar surface area (TPSA) is 231 Å². The van der Waals surface area contributed by atoms with Crippen LogP contribution in [0.4, 0.5) is 0 Å². The molecule has 0 aromatic carbocycles. The van der Waals surface area contributed by atoms with E-state index in [0.717, 1.165) is 0 Å². The number of nitrogens with one attached hydrogen (secondary N) is 3. The normalized spacial score (nSPS) is 13.5. The minimum absolute atomic E-state index is 0.162. The summed E-state index contributed by atoms with van der Waals surface area (Å²) in [5.41, 5.74) is 10.2. The number of carbonyl (C=O) groups excluding carboxylic acids is 4. The summed E-state index contributed by atoms with van der Waals surface area (Å²) in [5, 5.41) is 24.1. The average molecular weight is 421 g/mol. The Morgan fingerprint density at radius 2 is 1.43 bits per heavy atom. The number of amides is 4. The lowest BCUT2D eigenvalue weighted by molar-refractivity contribution is -0.147. The van der Waals surface area contributed by atoms with E-state index >= 15 is 0 Å². The van der Waals surface area contributed by atoms with Crippen molar-refractivity contribution in [3.8, 4) is 0 Å². The van der Waals surface area contributed by atoms with Gasteiger partial charge >= 0.3 is 11.9 Å². The highest BCUT2D eigenvalue weighted by molar-refractivity contribution is 7.80. The van der Waals surface area contributed by atoms with Gasteiger partial charge in [0.25, 0.3) is 0 Å². The Labute approximate surface area is 165 Å². The van der Waals surface area contributed by atoms with Gasteiger partial charge in [-0.05, 0) is 6.42 Å². The van der Waals surface area contributed by atoms with Crippen molar-refractivity contribution < 1.29 is 39.0 Å². The van der Waals surface area contributed by atoms with E-state index in [1.165, 1.54) is 0 Å². The highest BCUT2D eigenvalue weighted by atomic mass is 32.1. The quantitative estimate of drug-likeness (QED) is 0.136. The third-order valence-corrected chi connectivity index (χ3v) is 3.69. The molecule has 13 nitrogen and oxygen atoms in total. The van der Waals surface area contributed by atoms with Crippen LogP contribution in [0.3, 0.4) is 0 Å². The van der Waals surface area contributed by atoms with Crippen molar-refractivity contribution in [2.45, 2.75) is 37.4 Å². The van der Waals surface area contributed by atoms with Gasteiger partial charge < -0.3 is 37.6 Å². The monoisotopic (exact) mass is 421 g/mol. The zero-order valence-corrected chi connectivity index (χ0v) is 15.6. The third kappa shape index (κ3) is 9.72. The van der Waals surface area contributed by atoms with Gasteiger partial charge in [-0.1, -0.05) is 0 Å². The zero-order valence-electron chi connectivity index (χ0n) is 14.7. The molecule has 3 atom stereocenters. The lowest BCUT2D eigenvalue weighted by Crippen LogP contribution is -2.57. The second kappa shape index (κ2) is 12.5. The molecule has 4 amide bonds. The first-order valence-corrected chi connectivity index (χ1v) is 8.59. The number of carboxylic acid groups (broad SMARTS) is 2. The molecule has 0 aliphatic rings. The van der Waals surface area contributed by atoms with Crippen molar-refractivity contribution >= 4 is 48.2 Å². The molecule has 3 unspecified atom stereocenters. The molecule has 0 aromatic heterocycles. The number of primary amides is 1. The van der Waals surface area contributed by atoms with Crippen LogP contribution >= 0.6 is 12.6 Å². The first kappa shape index (κ1) is 25.1. The highest BCUT2D eigenvalue weighted by Crippen LogP contribution is 2.01. The summed E-state index contributed by atoms with van der Waals surface area (Å²) in [6.07, 6.45) is -1.27. The number of carboxylic acids is 2. The predicted molar refractivity (Wildman–Crippen MR) is 97.0 cm³/mol. The van der Waals surface area contributed by atoms with Crippen LogP contribution in [0.5, 0.6) is 0 Å². The highest BCUT2D eigenvalue weighted by Gasteiger charge is 2.29. The fourth-order valence-electron chi connectivity index (χ4n) is 1.92. The van der Waals surface area contributed by atoms with E-state index in [1.54, 1.807) is 0 Å². The summed E-state index contributed by atoms with van der Waals surface area (Å²) in [6, 6.07) is -4.28. The van der Waals surface area contributed by atoms with Crippen LogP contribution in [0.1, 0.15) is 19.3 Å². The van der Waals surface area contributed by atoms with Crippen LogP contribution in [0.2, 0.25) is 0 Å². The molecule has 9 N–H and O–H groups in total. The summed E-state index contributed by atoms with van der Waals surface area (Å²) in [7, 11) is 0. The maximum atomic E-state index is 12.3. The van der Waals surface area contributed by atoms with Gasteiger partial charge in [0.1, 0.15) is 18.1 Å². The van der Waals surface area contributed by atoms with Crippen LogP contribution in [-0.4, -0.2) is 76.2 Å². The van der Waals surface area contributed by atoms with E-state index in [4.69, 9.17) is 21.7 Å². The Hall–Kier alpha value is -2.87. The number of thiol groups is 1. The molecular weight excluding hydrogens is 398 g/mol. The fourth-order valence-corrected chi connectivity index (χ4v) is 2.18. The number of hydrogen-bond acceptors (Lipinski definition) is 8.